The lowest BCUT2D eigenvalue weighted by Gasteiger charge is -2.16. The summed E-state index contributed by atoms with van der Waals surface area (Å²) in [6.07, 6.45) is 1.71. The van der Waals surface area contributed by atoms with Crippen LogP contribution in [0, 0.1) is 0 Å². The van der Waals surface area contributed by atoms with Gasteiger partial charge in [-0.25, -0.2) is 0 Å². The molecule has 1 unspecified atom stereocenters. The number of aromatic nitrogens is 2. The van der Waals surface area contributed by atoms with E-state index in [1.807, 2.05) is 24.3 Å². The highest BCUT2D eigenvalue weighted by atomic mass is 32.2. The van der Waals surface area contributed by atoms with E-state index in [0.29, 0.717) is 0 Å². The largest absolute Gasteiger partial charge is 0.159 e. The number of hydrogen-bond acceptors (Lipinski definition) is 3. The molecular weight excluding hydrogens is 264 g/mol. The van der Waals surface area contributed by atoms with E-state index in [9.17, 15) is 0 Å². The van der Waals surface area contributed by atoms with Gasteiger partial charge < -0.3 is 0 Å². The average Bonchev–Trinajstić information content (AvgIpc) is 2.55. The topological polar surface area (TPSA) is 25.8 Å². The van der Waals surface area contributed by atoms with Crippen molar-refractivity contribution in [1.82, 2.24) is 10.2 Å². The predicted molar refractivity (Wildman–Crippen MR) is 82.6 cm³/mol. The molecule has 2 aromatic carbocycles. The SMILES string of the molecule is c1ccc(SC(c2ccccc2)c2cccnn2)cc1. The molecule has 0 saturated carbocycles. The fraction of sp³-hybridized carbons (Fsp3) is 0.0588. The zero-order valence-corrected chi connectivity index (χ0v) is 11.7. The minimum atomic E-state index is 0.160. The van der Waals surface area contributed by atoms with Crippen LogP contribution in [0.4, 0.5) is 0 Å². The Morgan fingerprint density at radius 3 is 2.10 bits per heavy atom. The Morgan fingerprint density at radius 1 is 0.750 bits per heavy atom. The van der Waals surface area contributed by atoms with Gasteiger partial charge in [0.05, 0.1) is 10.9 Å². The number of thioether (sulfide) groups is 1. The van der Waals surface area contributed by atoms with E-state index in [1.54, 1.807) is 18.0 Å². The van der Waals surface area contributed by atoms with Crippen LogP contribution in [0.3, 0.4) is 0 Å². The van der Waals surface area contributed by atoms with Crippen molar-refractivity contribution in [3.63, 3.8) is 0 Å². The van der Waals surface area contributed by atoms with Gasteiger partial charge in [-0.1, -0.05) is 48.5 Å². The monoisotopic (exact) mass is 278 g/mol. The molecule has 0 aliphatic heterocycles. The zero-order valence-electron chi connectivity index (χ0n) is 10.9. The smallest absolute Gasteiger partial charge is 0.0809 e. The van der Waals surface area contributed by atoms with E-state index in [1.165, 1.54) is 10.5 Å². The third kappa shape index (κ3) is 3.06. The Hall–Kier alpha value is -2.13. The summed E-state index contributed by atoms with van der Waals surface area (Å²) < 4.78 is 0. The van der Waals surface area contributed by atoms with Crippen molar-refractivity contribution in [2.24, 2.45) is 0 Å². The summed E-state index contributed by atoms with van der Waals surface area (Å²) in [4.78, 5) is 1.23. The molecule has 3 heteroatoms. The fourth-order valence-electron chi connectivity index (χ4n) is 2.02. The van der Waals surface area contributed by atoms with E-state index < -0.39 is 0 Å². The fourth-order valence-corrected chi connectivity index (χ4v) is 3.14. The molecule has 98 valence electrons. The molecule has 0 aliphatic carbocycles. The first-order chi connectivity index (χ1) is 9.93. The molecule has 20 heavy (non-hydrogen) atoms. The van der Waals surface area contributed by atoms with Gasteiger partial charge in [0.15, 0.2) is 0 Å². The van der Waals surface area contributed by atoms with Gasteiger partial charge in [0, 0.05) is 11.1 Å². The minimum absolute atomic E-state index is 0.160. The van der Waals surface area contributed by atoms with Crippen LogP contribution in [0.25, 0.3) is 0 Å². The second kappa shape index (κ2) is 6.35. The van der Waals surface area contributed by atoms with Crippen LogP contribution in [0.2, 0.25) is 0 Å². The summed E-state index contributed by atoms with van der Waals surface area (Å²) in [6.45, 7) is 0. The Balaban J connectivity index is 1.96. The number of hydrogen-bond donors (Lipinski definition) is 0. The van der Waals surface area contributed by atoms with Crippen molar-refractivity contribution < 1.29 is 0 Å². The van der Waals surface area contributed by atoms with Crippen LogP contribution in [-0.2, 0) is 0 Å². The van der Waals surface area contributed by atoms with Gasteiger partial charge in [-0.05, 0) is 29.8 Å². The minimum Gasteiger partial charge on any atom is -0.159 e. The van der Waals surface area contributed by atoms with Crippen molar-refractivity contribution in [2.75, 3.05) is 0 Å². The molecule has 1 atom stereocenters. The molecule has 0 bridgehead atoms. The second-order valence-corrected chi connectivity index (χ2v) is 5.55. The molecule has 0 N–H and O–H groups in total. The Morgan fingerprint density at radius 2 is 1.45 bits per heavy atom. The third-order valence-electron chi connectivity index (χ3n) is 2.96. The Kier molecular flexibility index (Phi) is 4.09. The van der Waals surface area contributed by atoms with Gasteiger partial charge in [-0.15, -0.1) is 11.8 Å². The van der Waals surface area contributed by atoms with Gasteiger partial charge in [-0.2, -0.15) is 10.2 Å². The van der Waals surface area contributed by atoms with Crippen LogP contribution in [0.1, 0.15) is 16.5 Å². The molecule has 1 aromatic heterocycles. The normalized spacial score (nSPS) is 12.0. The number of rotatable bonds is 4. The van der Waals surface area contributed by atoms with Gasteiger partial charge in [-0.3, -0.25) is 0 Å². The standard InChI is InChI=1S/C17H14N2S/c1-3-8-14(9-4-1)17(16-12-7-13-18-19-16)20-15-10-5-2-6-11-15/h1-13,17H. The molecule has 0 spiro atoms. The van der Waals surface area contributed by atoms with Crippen molar-refractivity contribution in [3.05, 3.63) is 90.3 Å². The van der Waals surface area contributed by atoms with Crippen LogP contribution in [0.15, 0.2) is 83.9 Å². The summed E-state index contributed by atoms with van der Waals surface area (Å²) in [5.41, 5.74) is 2.22. The molecule has 1 heterocycles. The molecular formula is C17H14N2S. The van der Waals surface area contributed by atoms with Gasteiger partial charge in [0.2, 0.25) is 0 Å². The van der Waals surface area contributed by atoms with Crippen molar-refractivity contribution >= 4 is 11.8 Å². The summed E-state index contributed by atoms with van der Waals surface area (Å²) in [7, 11) is 0. The van der Waals surface area contributed by atoms with E-state index in [-0.39, 0.29) is 5.25 Å². The van der Waals surface area contributed by atoms with Crippen LogP contribution in [0.5, 0.6) is 0 Å². The van der Waals surface area contributed by atoms with E-state index in [2.05, 4.69) is 58.7 Å². The molecule has 0 aliphatic rings. The van der Waals surface area contributed by atoms with E-state index >= 15 is 0 Å². The van der Waals surface area contributed by atoms with E-state index in [0.717, 1.165) is 5.69 Å². The zero-order chi connectivity index (χ0) is 13.6. The Bertz CT molecular complexity index is 602. The summed E-state index contributed by atoms with van der Waals surface area (Å²) >= 11 is 1.79. The predicted octanol–water partition coefficient (Wildman–Crippen LogP) is 4.36. The van der Waals surface area contributed by atoms with Gasteiger partial charge >= 0.3 is 0 Å². The number of nitrogens with zero attached hydrogens (tertiary/aromatic N) is 2. The first-order valence-electron chi connectivity index (χ1n) is 6.48. The first kappa shape index (κ1) is 12.9. The van der Waals surface area contributed by atoms with Crippen LogP contribution >= 0.6 is 11.8 Å². The molecule has 3 aromatic rings. The molecule has 0 amide bonds. The molecule has 3 rings (SSSR count). The molecule has 0 saturated heterocycles. The first-order valence-corrected chi connectivity index (χ1v) is 7.36. The summed E-state index contributed by atoms with van der Waals surface area (Å²) in [6, 6.07) is 24.8. The highest BCUT2D eigenvalue weighted by Gasteiger charge is 2.16. The molecule has 0 fully saturated rings. The van der Waals surface area contributed by atoms with Crippen molar-refractivity contribution in [2.45, 2.75) is 10.1 Å². The Labute approximate surface area is 122 Å². The number of benzene rings is 2. The third-order valence-corrected chi connectivity index (χ3v) is 4.25. The van der Waals surface area contributed by atoms with E-state index in [4.69, 9.17) is 0 Å². The highest BCUT2D eigenvalue weighted by molar-refractivity contribution is 7.99. The maximum atomic E-state index is 4.28. The highest BCUT2D eigenvalue weighted by Crippen LogP contribution is 2.39. The molecule has 0 radical (unpaired) electrons. The quantitative estimate of drug-likeness (QED) is 0.663. The van der Waals surface area contributed by atoms with Gasteiger partial charge in [0.25, 0.3) is 0 Å². The molecule has 2 nitrogen and oxygen atoms in total. The maximum absolute atomic E-state index is 4.28. The lowest BCUT2D eigenvalue weighted by atomic mass is 10.1. The summed E-state index contributed by atoms with van der Waals surface area (Å²) in [5, 5.41) is 8.45. The second-order valence-electron chi connectivity index (χ2n) is 4.37. The van der Waals surface area contributed by atoms with Crippen LogP contribution < -0.4 is 0 Å². The summed E-state index contributed by atoms with van der Waals surface area (Å²) in [5.74, 6) is 0. The maximum Gasteiger partial charge on any atom is 0.0809 e. The van der Waals surface area contributed by atoms with Crippen molar-refractivity contribution in [3.8, 4) is 0 Å². The lowest BCUT2D eigenvalue weighted by Crippen LogP contribution is -2.00. The van der Waals surface area contributed by atoms with Crippen LogP contribution in [-0.4, -0.2) is 10.2 Å². The average molecular weight is 278 g/mol. The van der Waals surface area contributed by atoms with Gasteiger partial charge in [0.1, 0.15) is 0 Å². The van der Waals surface area contributed by atoms with Crippen molar-refractivity contribution in [1.29, 1.82) is 0 Å². The lowest BCUT2D eigenvalue weighted by molar-refractivity contribution is 0.925.